The highest BCUT2D eigenvalue weighted by Crippen LogP contribution is 2.39. The van der Waals surface area contributed by atoms with Crippen LogP contribution in [-0.4, -0.2) is 76.1 Å². The highest BCUT2D eigenvalue weighted by molar-refractivity contribution is 7.90. The molecule has 204 valence electrons. The van der Waals surface area contributed by atoms with E-state index in [9.17, 15) is 26.7 Å². The molecule has 0 amide bonds. The average Bonchev–Trinajstić information content (AvgIpc) is 2.82. The van der Waals surface area contributed by atoms with Gasteiger partial charge in [0, 0.05) is 35.6 Å². The summed E-state index contributed by atoms with van der Waals surface area (Å²) in [5.41, 5.74) is -2.75. The molecule has 0 unspecified atom stereocenters. The van der Waals surface area contributed by atoms with E-state index in [1.807, 2.05) is 11.8 Å². The zero-order valence-corrected chi connectivity index (χ0v) is 22.3. The van der Waals surface area contributed by atoms with Crippen LogP contribution in [0.1, 0.15) is 19.4 Å². The van der Waals surface area contributed by atoms with Crippen molar-refractivity contribution >= 4 is 28.3 Å². The maximum atomic E-state index is 13.4. The summed E-state index contributed by atoms with van der Waals surface area (Å²) >= 11 is 4.31. The first-order valence-corrected chi connectivity index (χ1v) is 13.7. The van der Waals surface area contributed by atoms with Crippen molar-refractivity contribution in [1.82, 2.24) is 4.31 Å². The van der Waals surface area contributed by atoms with E-state index in [4.69, 9.17) is 9.47 Å². The first-order chi connectivity index (χ1) is 17.2. The van der Waals surface area contributed by atoms with Gasteiger partial charge in [-0.1, -0.05) is 31.2 Å². The highest BCUT2D eigenvalue weighted by Gasteiger charge is 2.51. The molecule has 0 aliphatic carbocycles. The van der Waals surface area contributed by atoms with Gasteiger partial charge in [0.15, 0.2) is 5.60 Å². The summed E-state index contributed by atoms with van der Waals surface area (Å²) in [6.07, 6.45) is -4.82. The fourth-order valence-electron chi connectivity index (χ4n) is 4.46. The van der Waals surface area contributed by atoms with Crippen LogP contribution in [-0.2, 0) is 25.1 Å². The predicted molar refractivity (Wildman–Crippen MR) is 135 cm³/mol. The predicted octanol–water partition coefficient (Wildman–Crippen LogP) is 3.68. The lowest BCUT2D eigenvalue weighted by Gasteiger charge is -2.43. The first-order valence-electron chi connectivity index (χ1n) is 11.8. The smallest absolute Gasteiger partial charge is 0.380 e. The van der Waals surface area contributed by atoms with E-state index in [-0.39, 0.29) is 35.6 Å². The lowest BCUT2D eigenvalue weighted by atomic mass is 9.90. The fraction of sp³-hybridized carbons (Fsp3) is 0.520. The topological polar surface area (TPSA) is 79.3 Å². The molecule has 2 heterocycles. The Morgan fingerprint density at radius 1 is 1.14 bits per heavy atom. The van der Waals surface area contributed by atoms with Gasteiger partial charge in [0.25, 0.3) is 0 Å². The zero-order chi connectivity index (χ0) is 27.1. The molecular weight excluding hydrogens is 529 g/mol. The van der Waals surface area contributed by atoms with E-state index in [2.05, 4.69) is 12.6 Å². The molecule has 37 heavy (non-hydrogen) atoms. The summed E-state index contributed by atoms with van der Waals surface area (Å²) in [7, 11) is -3.82. The number of sulfonamides is 1. The van der Waals surface area contributed by atoms with Crippen molar-refractivity contribution in [2.75, 3.05) is 51.0 Å². The number of hydrogen-bond acceptors (Lipinski definition) is 7. The quantitative estimate of drug-likeness (QED) is 0.480. The van der Waals surface area contributed by atoms with E-state index in [0.717, 1.165) is 0 Å². The molecule has 1 N–H and O–H groups in total. The van der Waals surface area contributed by atoms with Gasteiger partial charge in [-0.15, -0.1) is 12.6 Å². The Kier molecular flexibility index (Phi) is 7.91. The molecule has 0 radical (unpaired) electrons. The van der Waals surface area contributed by atoms with Gasteiger partial charge in [0.2, 0.25) is 10.0 Å². The van der Waals surface area contributed by atoms with Crippen molar-refractivity contribution < 1.29 is 36.2 Å². The molecule has 2 aliphatic rings. The number of thiol groups is 1. The Labute approximate surface area is 220 Å². The number of benzene rings is 2. The Morgan fingerprint density at radius 3 is 2.35 bits per heavy atom. The maximum absolute atomic E-state index is 13.4. The van der Waals surface area contributed by atoms with Crippen molar-refractivity contribution in [3.63, 3.8) is 0 Å². The van der Waals surface area contributed by atoms with Crippen molar-refractivity contribution in [1.29, 1.82) is 0 Å². The third-order valence-electron chi connectivity index (χ3n) is 6.90. The van der Waals surface area contributed by atoms with E-state index >= 15 is 0 Å². The molecule has 2 aliphatic heterocycles. The number of aliphatic hydroxyl groups is 1. The van der Waals surface area contributed by atoms with Gasteiger partial charge in [0.1, 0.15) is 0 Å². The Morgan fingerprint density at radius 2 is 1.78 bits per heavy atom. The number of alkyl halides is 3. The van der Waals surface area contributed by atoms with Crippen LogP contribution in [0, 0.1) is 5.41 Å². The lowest BCUT2D eigenvalue weighted by molar-refractivity contribution is -0.258. The third-order valence-corrected chi connectivity index (χ3v) is 9.37. The summed E-state index contributed by atoms with van der Waals surface area (Å²) in [4.78, 5) is 2.40. The van der Waals surface area contributed by atoms with Crippen molar-refractivity contribution in [3.05, 3.63) is 54.1 Å². The number of piperazine rings is 1. The molecule has 2 fully saturated rings. The monoisotopic (exact) mass is 560 g/mol. The number of hydrogen-bond donors (Lipinski definition) is 2. The molecule has 12 heteroatoms. The van der Waals surface area contributed by atoms with Gasteiger partial charge in [-0.2, -0.15) is 17.5 Å². The lowest BCUT2D eigenvalue weighted by Crippen LogP contribution is -2.57. The third kappa shape index (κ3) is 5.79. The van der Waals surface area contributed by atoms with Gasteiger partial charge in [0.05, 0.1) is 37.4 Å². The van der Waals surface area contributed by atoms with E-state index in [0.29, 0.717) is 43.9 Å². The standard InChI is InChI=1S/C25H31F3N2O5S2/c1-23(16-35-17-23)15-34-14-20-13-29(37(32,33)22-6-4-3-5-21(22)36)11-12-30(20)19-9-7-18(8-10-19)24(2,31)25(26,27)28/h3-10,20,31,36H,11-17H2,1-2H3/t20-,24-/m1/s1. The number of nitrogens with zero attached hydrogens (tertiary/aromatic N) is 2. The number of halogens is 3. The Hall–Kier alpha value is -1.83. The second-order valence-corrected chi connectivity index (χ2v) is 12.5. The van der Waals surface area contributed by atoms with Crippen LogP contribution in [0.15, 0.2) is 58.3 Å². The summed E-state index contributed by atoms with van der Waals surface area (Å²) in [5, 5.41) is 10.0. The van der Waals surface area contributed by atoms with Crippen LogP contribution < -0.4 is 4.90 Å². The minimum atomic E-state index is -4.82. The van der Waals surface area contributed by atoms with Gasteiger partial charge in [-0.3, -0.25) is 0 Å². The normalized spacial score (nSPS) is 22.4. The molecule has 0 bridgehead atoms. The molecule has 0 aromatic heterocycles. The van der Waals surface area contributed by atoms with Crippen LogP contribution in [0.2, 0.25) is 0 Å². The number of anilines is 1. The van der Waals surface area contributed by atoms with E-state index in [1.54, 1.807) is 18.2 Å². The molecule has 0 saturated carbocycles. The second-order valence-electron chi connectivity index (χ2n) is 10.1. The summed E-state index contributed by atoms with van der Waals surface area (Å²) in [5.74, 6) is 0. The molecule has 7 nitrogen and oxygen atoms in total. The Bertz CT molecular complexity index is 1200. The van der Waals surface area contributed by atoms with Crippen LogP contribution in [0.4, 0.5) is 18.9 Å². The van der Waals surface area contributed by atoms with Crippen molar-refractivity contribution in [2.24, 2.45) is 5.41 Å². The minimum Gasteiger partial charge on any atom is -0.380 e. The Balaban J connectivity index is 1.56. The van der Waals surface area contributed by atoms with Gasteiger partial charge in [-0.05, 0) is 36.8 Å². The van der Waals surface area contributed by atoms with Crippen LogP contribution in [0.3, 0.4) is 0 Å². The molecule has 2 aromatic carbocycles. The van der Waals surface area contributed by atoms with Gasteiger partial charge >= 0.3 is 6.18 Å². The molecule has 4 rings (SSSR count). The van der Waals surface area contributed by atoms with Crippen molar-refractivity contribution in [2.45, 2.75) is 41.5 Å². The van der Waals surface area contributed by atoms with Gasteiger partial charge < -0.3 is 19.5 Å². The van der Waals surface area contributed by atoms with E-state index in [1.165, 1.54) is 34.6 Å². The second kappa shape index (κ2) is 10.4. The average molecular weight is 561 g/mol. The first kappa shape index (κ1) is 28.2. The SMILES string of the molecule is CC1(COC[C@H]2CN(S(=O)(=O)c3ccccc3S)CCN2c2ccc([C@@](C)(O)C(F)(F)F)cc2)COC1. The minimum absolute atomic E-state index is 0.0962. The number of ether oxygens (including phenoxy) is 2. The molecule has 2 saturated heterocycles. The van der Waals surface area contributed by atoms with Gasteiger partial charge in [-0.25, -0.2) is 8.42 Å². The van der Waals surface area contributed by atoms with Crippen molar-refractivity contribution in [3.8, 4) is 0 Å². The van der Waals surface area contributed by atoms with Crippen LogP contribution in [0.5, 0.6) is 0 Å². The molecule has 2 aromatic rings. The maximum Gasteiger partial charge on any atom is 0.421 e. The summed E-state index contributed by atoms with van der Waals surface area (Å²) in [6, 6.07) is 11.6. The molecular formula is C25H31F3N2O5S2. The zero-order valence-electron chi connectivity index (χ0n) is 20.6. The molecule has 0 spiro atoms. The largest absolute Gasteiger partial charge is 0.421 e. The highest BCUT2D eigenvalue weighted by atomic mass is 32.2. The van der Waals surface area contributed by atoms with E-state index < -0.39 is 27.8 Å². The van der Waals surface area contributed by atoms with Crippen LogP contribution >= 0.6 is 12.6 Å². The number of rotatable bonds is 8. The summed E-state index contributed by atoms with van der Waals surface area (Å²) < 4.78 is 79.3. The fourth-order valence-corrected chi connectivity index (χ4v) is 6.52. The summed E-state index contributed by atoms with van der Waals surface area (Å²) in [6.45, 7) is 5.18. The van der Waals surface area contributed by atoms with Crippen LogP contribution in [0.25, 0.3) is 0 Å². The molecule has 2 atom stereocenters.